The molecule has 52 heteroatoms. The van der Waals surface area contributed by atoms with Crippen LogP contribution in [0.1, 0.15) is 0 Å². The van der Waals surface area contributed by atoms with E-state index >= 15 is 0 Å². The van der Waals surface area contributed by atoms with Crippen LogP contribution in [0.2, 0.25) is 0 Å². The number of carbonyl (C=O) groups is 2. The van der Waals surface area contributed by atoms with E-state index in [0.29, 0.717) is 0 Å². The smallest absolute Gasteiger partial charge is 0.397 e. The Morgan fingerprint density at radius 2 is 0.678 bits per heavy atom. The van der Waals surface area contributed by atoms with Gasteiger partial charge in [0.1, 0.15) is 91.6 Å². The number of carboxylic acids is 2. The lowest BCUT2D eigenvalue weighted by Crippen LogP contribution is -2.70. The number of hydrogen-bond acceptors (Lipinski definition) is 38. The van der Waals surface area contributed by atoms with Gasteiger partial charge in [-0.25, -0.2) is 34.7 Å². The second-order valence-electron chi connectivity index (χ2n) is 18.2. The third-order valence-corrected chi connectivity index (χ3v) is 15.5. The second-order valence-corrected chi connectivity index (χ2v) is 24.7. The van der Waals surface area contributed by atoms with Crippen molar-refractivity contribution in [2.75, 3.05) is 55.4 Å². The minimum absolute atomic E-state index is 0.781. The van der Waals surface area contributed by atoms with E-state index in [4.69, 9.17) is 80.8 Å². The molecule has 25 atom stereocenters. The summed E-state index contributed by atoms with van der Waals surface area (Å²) in [5.41, 5.74) is 5.99. The molecule has 5 rings (SSSR count). The number of carboxylic acid groups (broad SMARTS) is 2. The molecule has 5 saturated heterocycles. The van der Waals surface area contributed by atoms with E-state index in [9.17, 15) is 108 Å². The number of aliphatic hydroxyl groups excluding tert-OH is 3. The standard InChI is InChI=1S/C35H59NO45S6/c1-62-17-15(10(7-68-83(47,48)49)70-31(43)25(17)80-86(56,57)58)73-33-27(66-5)19(64-3)21(24(78-33)30(41)42)76-35-28(81-87(59,60)61)22(79-85(53,54)55)16(11(72-35)8-69-84(50,51)52)74-34-26(65-4)18(63-2)20(23(77-34)29(39)40)75-32-12(36)14(38)13(37)9(71-32)6-67-82(44,45)46/h9-28,31-35,37-38,43H,6-8,36H2,1-5H3,(H,39,40)(H,41,42)(H,44,45,46)(H,47,48,49)(H,50,51,52)(H,53,54,55)(H,56,57,58)(H,59,60,61)/t9-,10-,11-,12-,13-,14-,15-,16-,17+,18+,19+,20+,21+,22+,23+,24+,25-,26-,27-,28-,31+,32-,33+,34-,35-/m1/s1. The van der Waals surface area contributed by atoms with Crippen LogP contribution in [0.5, 0.6) is 0 Å². The zero-order chi connectivity index (χ0) is 65.9. The Morgan fingerprint density at radius 3 is 1.06 bits per heavy atom. The summed E-state index contributed by atoms with van der Waals surface area (Å²) >= 11 is 0. The topological polar surface area (TPSA) is 672 Å². The molecule has 46 nitrogen and oxygen atoms in total. The van der Waals surface area contributed by atoms with E-state index in [1.165, 1.54) is 0 Å². The minimum Gasteiger partial charge on any atom is -0.479 e. The minimum atomic E-state index is -6.15. The quantitative estimate of drug-likeness (QED) is 0.0297. The fraction of sp³-hybridized carbons (Fsp3) is 0.943. The molecule has 0 aromatic heterocycles. The van der Waals surface area contributed by atoms with Gasteiger partial charge in [0.15, 0.2) is 55.9 Å². The number of nitrogens with two attached hydrogens (primary N) is 1. The van der Waals surface area contributed by atoms with Gasteiger partial charge in [0.25, 0.3) is 0 Å². The third-order valence-electron chi connectivity index (χ3n) is 12.8. The van der Waals surface area contributed by atoms with Crippen LogP contribution < -0.4 is 5.73 Å². The monoisotopic (exact) mass is 1410 g/mol. The average Bonchev–Trinajstić information content (AvgIpc) is 0.846. The number of aliphatic hydroxyl groups is 3. The van der Waals surface area contributed by atoms with Gasteiger partial charge in [-0.05, 0) is 0 Å². The number of aliphatic carboxylic acids is 2. The lowest BCUT2D eigenvalue weighted by molar-refractivity contribution is -0.386. The summed E-state index contributed by atoms with van der Waals surface area (Å²) in [5.74, 6) is -4.22. The first-order valence-corrected chi connectivity index (χ1v) is 31.8. The summed E-state index contributed by atoms with van der Waals surface area (Å²) in [6.45, 7) is -4.31. The molecule has 0 radical (unpaired) electrons. The highest BCUT2D eigenvalue weighted by Crippen LogP contribution is 2.40. The number of rotatable bonds is 30. The van der Waals surface area contributed by atoms with E-state index in [0.717, 1.165) is 35.5 Å². The van der Waals surface area contributed by atoms with Crippen molar-refractivity contribution in [2.45, 2.75) is 153 Å². The maximum atomic E-state index is 13.2. The highest BCUT2D eigenvalue weighted by atomic mass is 32.3. The van der Waals surface area contributed by atoms with Gasteiger partial charge in [0.05, 0.1) is 25.9 Å². The summed E-state index contributed by atoms with van der Waals surface area (Å²) in [7, 11) is -30.1. The number of hydrogen-bond donors (Lipinski definition) is 12. The molecule has 0 saturated carbocycles. The molecular formula is C35H59NO45S6. The van der Waals surface area contributed by atoms with Gasteiger partial charge >= 0.3 is 74.3 Å². The van der Waals surface area contributed by atoms with Crippen molar-refractivity contribution in [2.24, 2.45) is 5.73 Å². The van der Waals surface area contributed by atoms with Crippen LogP contribution in [0.25, 0.3) is 0 Å². The van der Waals surface area contributed by atoms with Crippen LogP contribution in [0.4, 0.5) is 0 Å². The molecule has 0 aromatic rings. The Labute approximate surface area is 491 Å². The molecule has 510 valence electrons. The molecule has 87 heavy (non-hydrogen) atoms. The molecule has 5 heterocycles. The zero-order valence-corrected chi connectivity index (χ0v) is 49.3. The first kappa shape index (κ1) is 75.2. The summed E-state index contributed by atoms with van der Waals surface area (Å²) in [4.78, 5) is 26.2. The zero-order valence-electron chi connectivity index (χ0n) is 44.4. The molecule has 0 unspecified atom stereocenters. The summed E-state index contributed by atoms with van der Waals surface area (Å²) < 4.78 is 307. The van der Waals surface area contributed by atoms with Crippen molar-refractivity contribution >= 4 is 74.3 Å². The van der Waals surface area contributed by atoms with Crippen molar-refractivity contribution in [3.63, 3.8) is 0 Å². The van der Waals surface area contributed by atoms with Crippen LogP contribution in [-0.4, -0.2) is 324 Å². The Bertz CT molecular complexity index is 3010. The molecule has 0 aliphatic carbocycles. The van der Waals surface area contributed by atoms with E-state index in [1.54, 1.807) is 0 Å². The lowest BCUT2D eigenvalue weighted by atomic mass is 9.94. The Balaban J connectivity index is 1.59. The second kappa shape index (κ2) is 30.0. The fourth-order valence-electron chi connectivity index (χ4n) is 9.34. The van der Waals surface area contributed by atoms with E-state index in [-0.39, 0.29) is 0 Å². The van der Waals surface area contributed by atoms with Crippen molar-refractivity contribution in [1.29, 1.82) is 0 Å². The molecule has 5 aliphatic rings. The molecule has 5 fully saturated rings. The van der Waals surface area contributed by atoms with Gasteiger partial charge in [-0.2, -0.15) is 50.5 Å². The van der Waals surface area contributed by atoms with Gasteiger partial charge in [-0.3, -0.25) is 27.3 Å². The molecule has 13 N–H and O–H groups in total. The summed E-state index contributed by atoms with van der Waals surface area (Å²) in [6, 6.07) is -1.86. The number of ether oxygens (including phenoxy) is 14. The van der Waals surface area contributed by atoms with Crippen LogP contribution in [0.3, 0.4) is 0 Å². The maximum absolute atomic E-state index is 13.2. The van der Waals surface area contributed by atoms with Gasteiger partial charge < -0.3 is 97.6 Å². The van der Waals surface area contributed by atoms with E-state index in [2.05, 4.69) is 20.9 Å². The average molecular weight is 1410 g/mol. The van der Waals surface area contributed by atoms with E-state index < -0.39 is 248 Å². The Morgan fingerprint density at radius 1 is 0.368 bits per heavy atom. The first-order chi connectivity index (χ1) is 39.9. The van der Waals surface area contributed by atoms with Crippen LogP contribution >= 0.6 is 0 Å². The van der Waals surface area contributed by atoms with Crippen LogP contribution in [0.15, 0.2) is 0 Å². The Kier molecular flexibility index (Phi) is 25.9. The lowest BCUT2D eigenvalue weighted by Gasteiger charge is -2.51. The largest absolute Gasteiger partial charge is 0.479 e. The molecule has 0 aromatic carbocycles. The fourth-order valence-corrected chi connectivity index (χ4v) is 11.7. The molecule has 5 aliphatic heterocycles. The molecule has 0 spiro atoms. The SMILES string of the molecule is CO[C@@H]1[C@@H](OC)[C@H](O[C@H]2[C@H](OS(=O)(=O)O)[C@@H](OS(=O)(=O)O)[C@@H](O[C@H]3[C@H](OC)[C@@H](OC)[C@@H](O[C@H]4[C@H](OC)[C@@H](OS(=O)(=O)O)[C@@H](O)O[C@@H]4COS(=O)(=O)O)O[C@@H]3C(=O)O)O[C@@H]2COS(=O)(=O)O)O[C@H](C(=O)O)[C@H]1O[C@H]1O[C@H](COS(=O)(=O)O)[C@@H](O)[C@H](O)[C@H]1N. The van der Waals surface area contributed by atoms with E-state index in [1.807, 2.05) is 0 Å². The highest BCUT2D eigenvalue weighted by Gasteiger charge is 2.62. The predicted octanol–water partition coefficient (Wildman–Crippen LogP) is -9.54. The Hall–Kier alpha value is -2.56. The predicted molar refractivity (Wildman–Crippen MR) is 256 cm³/mol. The van der Waals surface area contributed by atoms with Gasteiger partial charge in [-0.1, -0.05) is 0 Å². The van der Waals surface area contributed by atoms with Crippen molar-refractivity contribution in [3.8, 4) is 0 Å². The van der Waals surface area contributed by atoms with Gasteiger partial charge in [-0.15, -0.1) is 0 Å². The third kappa shape index (κ3) is 20.5. The maximum Gasteiger partial charge on any atom is 0.397 e. The summed E-state index contributed by atoms with van der Waals surface area (Å²) in [5, 5.41) is 52.9. The molecular weight excluding hydrogens is 1350 g/mol. The van der Waals surface area contributed by atoms with Gasteiger partial charge in [0, 0.05) is 35.5 Å². The van der Waals surface area contributed by atoms with Crippen LogP contribution in [0, 0.1) is 0 Å². The molecule has 0 amide bonds. The summed E-state index contributed by atoms with van der Waals surface area (Å²) in [6.07, 6.45) is -56.8. The van der Waals surface area contributed by atoms with Gasteiger partial charge in [0.2, 0.25) is 0 Å². The van der Waals surface area contributed by atoms with Crippen molar-refractivity contribution < 1.29 is 204 Å². The highest BCUT2D eigenvalue weighted by molar-refractivity contribution is 7.82. The van der Waals surface area contributed by atoms with Crippen LogP contribution in [-0.2, 0) is 163 Å². The van der Waals surface area contributed by atoms with Crippen molar-refractivity contribution in [1.82, 2.24) is 0 Å². The number of methoxy groups -OCH3 is 5. The van der Waals surface area contributed by atoms with Crippen molar-refractivity contribution in [3.05, 3.63) is 0 Å². The first-order valence-electron chi connectivity index (χ1n) is 23.6. The normalized spacial score (nSPS) is 39.5. The molecule has 0 bridgehead atoms.